The number of hydrogen-bond donors (Lipinski definition) is 2. The van der Waals surface area contributed by atoms with Crippen molar-refractivity contribution in [1.82, 2.24) is 4.98 Å². The van der Waals surface area contributed by atoms with Gasteiger partial charge >= 0.3 is 0 Å². The summed E-state index contributed by atoms with van der Waals surface area (Å²) in [5, 5.41) is 0. The lowest BCUT2D eigenvalue weighted by atomic mass is 10.3. The molecule has 54 valence electrons. The van der Waals surface area contributed by atoms with E-state index in [1.807, 2.05) is 13.0 Å². The lowest BCUT2D eigenvalue weighted by molar-refractivity contribution is 1.19. The molecule has 0 saturated heterocycles. The third-order valence-electron chi connectivity index (χ3n) is 1.22. The topological polar surface area (TPSA) is 50.9 Å². The molecule has 10 heavy (non-hydrogen) atoms. The van der Waals surface area contributed by atoms with Gasteiger partial charge in [-0.05, 0) is 34.5 Å². The lowest BCUT2D eigenvalue weighted by Gasteiger charge is -2.02. The van der Waals surface area contributed by atoms with Crippen LogP contribution in [0.1, 0.15) is 5.56 Å². The summed E-state index contributed by atoms with van der Waals surface area (Å²) < 4.78 is 0.914. The van der Waals surface area contributed by atoms with Crippen LogP contribution in [-0.4, -0.2) is 4.98 Å². The fourth-order valence-corrected chi connectivity index (χ4v) is 0.990. The Labute approximate surface area is 67.7 Å². The first-order valence-corrected chi connectivity index (χ1v) is 3.62. The summed E-state index contributed by atoms with van der Waals surface area (Å²) in [7, 11) is 0. The number of hydrogen-bond acceptors (Lipinski definition) is 3. The van der Waals surface area contributed by atoms with Crippen molar-refractivity contribution in [3.63, 3.8) is 0 Å². The molecule has 0 bridgehead atoms. The fraction of sp³-hybridized carbons (Fsp3) is 0.167. The highest BCUT2D eigenvalue weighted by Gasteiger charge is 1.99. The number of hydrazine groups is 1. The van der Waals surface area contributed by atoms with Gasteiger partial charge in [-0.15, -0.1) is 0 Å². The van der Waals surface area contributed by atoms with Gasteiger partial charge < -0.3 is 5.43 Å². The number of nitrogens with one attached hydrogen (secondary N) is 1. The summed E-state index contributed by atoms with van der Waals surface area (Å²) in [4.78, 5) is 3.97. The number of nitrogens with two attached hydrogens (primary N) is 1. The number of pyridine rings is 1. The van der Waals surface area contributed by atoms with E-state index in [4.69, 9.17) is 5.84 Å². The van der Waals surface area contributed by atoms with Gasteiger partial charge in [0.15, 0.2) is 5.82 Å². The Morgan fingerprint density at radius 2 is 2.40 bits per heavy atom. The van der Waals surface area contributed by atoms with Gasteiger partial charge in [-0.3, -0.25) is 0 Å². The van der Waals surface area contributed by atoms with Gasteiger partial charge in [-0.25, -0.2) is 10.8 Å². The van der Waals surface area contributed by atoms with Crippen LogP contribution in [0.5, 0.6) is 0 Å². The summed E-state index contributed by atoms with van der Waals surface area (Å²) in [6, 6.07) is 1.91. The second kappa shape index (κ2) is 2.98. The first kappa shape index (κ1) is 7.50. The summed E-state index contributed by atoms with van der Waals surface area (Å²) in [6.45, 7) is 1.98. The monoisotopic (exact) mass is 201 g/mol. The molecule has 0 aliphatic heterocycles. The Balaban J connectivity index is 3.14. The number of halogens is 1. The molecule has 0 aliphatic carbocycles. The molecule has 0 unspecified atom stereocenters. The zero-order valence-corrected chi connectivity index (χ0v) is 7.14. The predicted octanol–water partition coefficient (Wildman–Crippen LogP) is 1.44. The molecule has 0 spiro atoms. The van der Waals surface area contributed by atoms with Crippen molar-refractivity contribution >= 4 is 21.7 Å². The highest BCUT2D eigenvalue weighted by Crippen LogP contribution is 2.21. The van der Waals surface area contributed by atoms with Gasteiger partial charge in [-0.2, -0.15) is 0 Å². The van der Waals surface area contributed by atoms with Crippen LogP contribution in [0, 0.1) is 6.92 Å². The van der Waals surface area contributed by atoms with E-state index in [1.54, 1.807) is 6.20 Å². The highest BCUT2D eigenvalue weighted by molar-refractivity contribution is 9.10. The van der Waals surface area contributed by atoms with Gasteiger partial charge in [0.25, 0.3) is 0 Å². The normalized spacial score (nSPS) is 9.50. The Kier molecular flexibility index (Phi) is 2.24. The van der Waals surface area contributed by atoms with E-state index in [-0.39, 0.29) is 0 Å². The minimum absolute atomic E-state index is 0.667. The van der Waals surface area contributed by atoms with Gasteiger partial charge in [0.1, 0.15) is 0 Å². The first-order chi connectivity index (χ1) is 4.75. The first-order valence-electron chi connectivity index (χ1n) is 2.83. The smallest absolute Gasteiger partial charge is 0.154 e. The number of nitrogen functional groups attached to an aromatic ring is 1. The Morgan fingerprint density at radius 3 is 2.90 bits per heavy atom. The molecule has 1 aromatic heterocycles. The van der Waals surface area contributed by atoms with Gasteiger partial charge in [0.2, 0.25) is 0 Å². The van der Waals surface area contributed by atoms with Crippen molar-refractivity contribution in [3.05, 3.63) is 22.3 Å². The molecule has 3 nitrogen and oxygen atoms in total. The van der Waals surface area contributed by atoms with Crippen molar-refractivity contribution in [2.45, 2.75) is 6.92 Å². The molecule has 0 aromatic carbocycles. The Hall–Kier alpha value is -0.610. The van der Waals surface area contributed by atoms with Crippen LogP contribution in [0.15, 0.2) is 16.7 Å². The van der Waals surface area contributed by atoms with Crippen LogP contribution in [0.4, 0.5) is 5.82 Å². The molecule has 0 saturated carbocycles. The van der Waals surface area contributed by atoms with E-state index in [2.05, 4.69) is 26.3 Å². The minimum atomic E-state index is 0.667. The standard InChI is InChI=1S/C6H8BrN3/c1-4-2-3-9-6(10-8)5(4)7/h2-3H,8H2,1H3,(H,9,10). The molecule has 4 heteroatoms. The van der Waals surface area contributed by atoms with Crippen LogP contribution in [-0.2, 0) is 0 Å². The van der Waals surface area contributed by atoms with Crippen LogP contribution in [0.25, 0.3) is 0 Å². The van der Waals surface area contributed by atoms with E-state index >= 15 is 0 Å². The third kappa shape index (κ3) is 1.27. The van der Waals surface area contributed by atoms with Gasteiger partial charge in [-0.1, -0.05) is 0 Å². The van der Waals surface area contributed by atoms with Crippen LogP contribution in [0.2, 0.25) is 0 Å². The number of anilines is 1. The number of aryl methyl sites for hydroxylation is 1. The van der Waals surface area contributed by atoms with Crippen molar-refractivity contribution in [1.29, 1.82) is 0 Å². The summed E-state index contributed by atoms with van der Waals surface area (Å²) >= 11 is 3.34. The molecule has 1 rings (SSSR count). The van der Waals surface area contributed by atoms with Crippen LogP contribution in [0.3, 0.4) is 0 Å². The van der Waals surface area contributed by atoms with Crippen LogP contribution < -0.4 is 11.3 Å². The van der Waals surface area contributed by atoms with Crippen molar-refractivity contribution in [3.8, 4) is 0 Å². The van der Waals surface area contributed by atoms with Gasteiger partial charge in [0.05, 0.1) is 4.47 Å². The maximum Gasteiger partial charge on any atom is 0.154 e. The number of aromatic nitrogens is 1. The molecular formula is C6H8BrN3. The molecule has 0 atom stereocenters. The SMILES string of the molecule is Cc1ccnc(NN)c1Br. The molecule has 1 aromatic rings. The zero-order valence-electron chi connectivity index (χ0n) is 5.56. The Morgan fingerprint density at radius 1 is 1.70 bits per heavy atom. The number of nitrogens with zero attached hydrogens (tertiary/aromatic N) is 1. The second-order valence-electron chi connectivity index (χ2n) is 1.93. The summed E-state index contributed by atoms with van der Waals surface area (Å²) in [5.74, 6) is 5.84. The average Bonchev–Trinajstić information content (AvgIpc) is 1.95. The molecule has 0 radical (unpaired) electrons. The largest absolute Gasteiger partial charge is 0.308 e. The maximum absolute atomic E-state index is 5.18. The van der Waals surface area contributed by atoms with Crippen LogP contribution >= 0.6 is 15.9 Å². The van der Waals surface area contributed by atoms with Gasteiger partial charge in [0, 0.05) is 6.20 Å². The molecule has 1 heterocycles. The van der Waals surface area contributed by atoms with E-state index in [0.29, 0.717) is 5.82 Å². The predicted molar refractivity (Wildman–Crippen MR) is 44.5 cm³/mol. The molecule has 3 N–H and O–H groups in total. The molecule has 0 fully saturated rings. The fourth-order valence-electron chi connectivity index (χ4n) is 0.641. The second-order valence-corrected chi connectivity index (χ2v) is 2.73. The quantitative estimate of drug-likeness (QED) is 0.535. The molecule has 0 amide bonds. The van der Waals surface area contributed by atoms with E-state index < -0.39 is 0 Å². The molecule has 0 aliphatic rings. The van der Waals surface area contributed by atoms with E-state index in [9.17, 15) is 0 Å². The lowest BCUT2D eigenvalue weighted by Crippen LogP contribution is -2.09. The van der Waals surface area contributed by atoms with E-state index in [0.717, 1.165) is 10.0 Å². The summed E-state index contributed by atoms with van der Waals surface area (Å²) in [6.07, 6.45) is 1.70. The zero-order chi connectivity index (χ0) is 7.56. The highest BCUT2D eigenvalue weighted by atomic mass is 79.9. The van der Waals surface area contributed by atoms with E-state index in [1.165, 1.54) is 0 Å². The van der Waals surface area contributed by atoms with Crippen molar-refractivity contribution in [2.75, 3.05) is 5.43 Å². The Bertz CT molecular complexity index is 236. The third-order valence-corrected chi connectivity index (χ3v) is 2.22. The maximum atomic E-state index is 5.18. The number of rotatable bonds is 1. The average molecular weight is 202 g/mol. The minimum Gasteiger partial charge on any atom is -0.308 e. The molecular weight excluding hydrogens is 194 g/mol. The summed E-state index contributed by atoms with van der Waals surface area (Å²) in [5.41, 5.74) is 3.59. The van der Waals surface area contributed by atoms with Crippen molar-refractivity contribution < 1.29 is 0 Å². The van der Waals surface area contributed by atoms with Crippen molar-refractivity contribution in [2.24, 2.45) is 5.84 Å².